The minimum Gasteiger partial charge on any atom is -0.260 e. The van der Waals surface area contributed by atoms with E-state index in [-0.39, 0.29) is 0 Å². The summed E-state index contributed by atoms with van der Waals surface area (Å²) in [4.78, 5) is 4.39. The molecule has 2 heteroatoms. The van der Waals surface area contributed by atoms with Crippen molar-refractivity contribution in [2.24, 2.45) is 0 Å². The monoisotopic (exact) mass is 259 g/mol. The first-order valence-electron chi connectivity index (χ1n) is 3.98. The van der Waals surface area contributed by atoms with Crippen LogP contribution in [0, 0.1) is 3.57 Å². The summed E-state index contributed by atoms with van der Waals surface area (Å²) in [5.41, 5.74) is 1.29. The lowest BCUT2D eigenvalue weighted by atomic mass is 9.83. The van der Waals surface area contributed by atoms with Crippen molar-refractivity contribution in [3.8, 4) is 0 Å². The Hall–Kier alpha value is -0.120. The van der Waals surface area contributed by atoms with Gasteiger partial charge in [0, 0.05) is 21.4 Å². The Balaban J connectivity index is 2.18. The first-order chi connectivity index (χ1) is 5.36. The summed E-state index contributed by atoms with van der Waals surface area (Å²) in [6.07, 6.45) is 6.02. The zero-order valence-electron chi connectivity index (χ0n) is 6.26. The Bertz CT molecular complexity index is 238. The largest absolute Gasteiger partial charge is 0.260 e. The highest BCUT2D eigenvalue weighted by Crippen LogP contribution is 2.34. The normalized spacial score (nSPS) is 17.9. The minimum absolute atomic E-state index is 0.770. The fraction of sp³-hybridized carbons (Fsp3) is 0.444. The number of hydrogen-bond acceptors (Lipinski definition) is 1. The summed E-state index contributed by atoms with van der Waals surface area (Å²) in [6.45, 7) is 0. The zero-order valence-corrected chi connectivity index (χ0v) is 8.41. The Morgan fingerprint density at radius 1 is 1.36 bits per heavy atom. The van der Waals surface area contributed by atoms with E-state index in [9.17, 15) is 0 Å². The molecule has 0 bridgehead atoms. The summed E-state index contributed by atoms with van der Waals surface area (Å²) in [6, 6.07) is 4.30. The van der Waals surface area contributed by atoms with Crippen molar-refractivity contribution < 1.29 is 0 Å². The molecule has 1 nitrogen and oxygen atoms in total. The van der Waals surface area contributed by atoms with E-state index in [4.69, 9.17) is 0 Å². The van der Waals surface area contributed by atoms with Crippen LogP contribution in [0.4, 0.5) is 0 Å². The summed E-state index contributed by atoms with van der Waals surface area (Å²) < 4.78 is 1.23. The first kappa shape index (κ1) is 7.53. The van der Waals surface area contributed by atoms with Crippen LogP contribution in [0.15, 0.2) is 18.3 Å². The van der Waals surface area contributed by atoms with Gasteiger partial charge in [0.1, 0.15) is 0 Å². The van der Waals surface area contributed by atoms with Crippen molar-refractivity contribution in [1.29, 1.82) is 0 Å². The van der Waals surface area contributed by atoms with Gasteiger partial charge in [0.05, 0.1) is 0 Å². The molecule has 1 heterocycles. The standard InChI is InChI=1S/C9H10IN/c10-8-4-5-9(11-6-8)7-2-1-3-7/h4-7H,1-3H2. The van der Waals surface area contributed by atoms with E-state index in [1.54, 1.807) is 0 Å². The predicted molar refractivity (Wildman–Crippen MR) is 53.5 cm³/mol. The van der Waals surface area contributed by atoms with Crippen LogP contribution in [0.25, 0.3) is 0 Å². The molecule has 2 rings (SSSR count). The molecule has 0 aromatic carbocycles. The topological polar surface area (TPSA) is 12.9 Å². The van der Waals surface area contributed by atoms with Gasteiger partial charge in [-0.1, -0.05) is 6.42 Å². The Morgan fingerprint density at radius 3 is 2.64 bits per heavy atom. The fourth-order valence-corrected chi connectivity index (χ4v) is 1.65. The van der Waals surface area contributed by atoms with Crippen LogP contribution in [0.3, 0.4) is 0 Å². The van der Waals surface area contributed by atoms with Crippen molar-refractivity contribution in [2.45, 2.75) is 25.2 Å². The van der Waals surface area contributed by atoms with E-state index in [2.05, 4.69) is 39.7 Å². The quantitative estimate of drug-likeness (QED) is 0.706. The SMILES string of the molecule is Ic1ccc(C2CCC2)nc1. The second kappa shape index (κ2) is 3.09. The maximum absolute atomic E-state index is 4.39. The van der Waals surface area contributed by atoms with Gasteiger partial charge in [0.2, 0.25) is 0 Å². The zero-order chi connectivity index (χ0) is 7.68. The van der Waals surface area contributed by atoms with Crippen LogP contribution in [-0.4, -0.2) is 4.98 Å². The second-order valence-electron chi connectivity index (χ2n) is 3.03. The van der Waals surface area contributed by atoms with Gasteiger partial charge in [-0.2, -0.15) is 0 Å². The summed E-state index contributed by atoms with van der Waals surface area (Å²) in [7, 11) is 0. The second-order valence-corrected chi connectivity index (χ2v) is 4.27. The molecule has 11 heavy (non-hydrogen) atoms. The van der Waals surface area contributed by atoms with Crippen molar-refractivity contribution >= 4 is 22.6 Å². The average molecular weight is 259 g/mol. The molecule has 1 aromatic rings. The van der Waals surface area contributed by atoms with Gasteiger partial charge in [-0.15, -0.1) is 0 Å². The van der Waals surface area contributed by atoms with Crippen LogP contribution in [0.1, 0.15) is 30.9 Å². The fourth-order valence-electron chi connectivity index (χ4n) is 1.33. The van der Waals surface area contributed by atoms with E-state index in [0.717, 1.165) is 5.92 Å². The van der Waals surface area contributed by atoms with Crippen molar-refractivity contribution in [3.63, 3.8) is 0 Å². The highest BCUT2D eigenvalue weighted by molar-refractivity contribution is 14.1. The number of halogens is 1. The average Bonchev–Trinajstić information content (AvgIpc) is 1.90. The molecule has 0 unspecified atom stereocenters. The molecule has 1 fully saturated rings. The third kappa shape index (κ3) is 1.55. The molecule has 0 radical (unpaired) electrons. The predicted octanol–water partition coefficient (Wildman–Crippen LogP) is 2.95. The van der Waals surface area contributed by atoms with Crippen molar-refractivity contribution in [2.75, 3.05) is 0 Å². The van der Waals surface area contributed by atoms with Crippen LogP contribution in [0.5, 0.6) is 0 Å². The summed E-state index contributed by atoms with van der Waals surface area (Å²) in [5, 5.41) is 0. The molecule has 1 saturated carbocycles. The smallest absolute Gasteiger partial charge is 0.0435 e. The Morgan fingerprint density at radius 2 is 2.18 bits per heavy atom. The molecule has 0 atom stereocenters. The minimum atomic E-state index is 0.770. The molecule has 1 aromatic heterocycles. The van der Waals surface area contributed by atoms with Crippen LogP contribution in [-0.2, 0) is 0 Å². The van der Waals surface area contributed by atoms with Gasteiger partial charge in [-0.3, -0.25) is 4.98 Å². The number of rotatable bonds is 1. The van der Waals surface area contributed by atoms with E-state index in [1.165, 1.54) is 28.5 Å². The van der Waals surface area contributed by atoms with Gasteiger partial charge in [0.25, 0.3) is 0 Å². The molecule has 58 valence electrons. The molecule has 0 N–H and O–H groups in total. The van der Waals surface area contributed by atoms with Crippen LogP contribution in [0.2, 0.25) is 0 Å². The van der Waals surface area contributed by atoms with Gasteiger partial charge < -0.3 is 0 Å². The van der Waals surface area contributed by atoms with Crippen LogP contribution >= 0.6 is 22.6 Å². The molecular weight excluding hydrogens is 249 g/mol. The lowest BCUT2D eigenvalue weighted by molar-refractivity contribution is 0.411. The number of hydrogen-bond donors (Lipinski definition) is 0. The van der Waals surface area contributed by atoms with E-state index in [1.807, 2.05) is 6.20 Å². The van der Waals surface area contributed by atoms with E-state index < -0.39 is 0 Å². The van der Waals surface area contributed by atoms with Gasteiger partial charge >= 0.3 is 0 Å². The van der Waals surface area contributed by atoms with Crippen molar-refractivity contribution in [3.05, 3.63) is 27.6 Å². The maximum Gasteiger partial charge on any atom is 0.0435 e. The van der Waals surface area contributed by atoms with Gasteiger partial charge in [0.15, 0.2) is 0 Å². The number of nitrogens with zero attached hydrogens (tertiary/aromatic N) is 1. The lowest BCUT2D eigenvalue weighted by Gasteiger charge is -2.24. The van der Waals surface area contributed by atoms with E-state index >= 15 is 0 Å². The van der Waals surface area contributed by atoms with Crippen LogP contribution < -0.4 is 0 Å². The first-order valence-corrected chi connectivity index (χ1v) is 5.05. The lowest BCUT2D eigenvalue weighted by Crippen LogP contribution is -2.10. The molecule has 1 aliphatic carbocycles. The highest BCUT2D eigenvalue weighted by Gasteiger charge is 2.19. The maximum atomic E-state index is 4.39. The third-order valence-electron chi connectivity index (χ3n) is 2.27. The van der Waals surface area contributed by atoms with Gasteiger partial charge in [-0.25, -0.2) is 0 Å². The number of aromatic nitrogens is 1. The summed E-state index contributed by atoms with van der Waals surface area (Å²) >= 11 is 2.29. The molecular formula is C9H10IN. The number of pyridine rings is 1. The molecule has 0 amide bonds. The summed E-state index contributed by atoms with van der Waals surface area (Å²) in [5.74, 6) is 0.770. The Kier molecular flexibility index (Phi) is 2.11. The van der Waals surface area contributed by atoms with E-state index in [0.29, 0.717) is 0 Å². The molecule has 0 aliphatic heterocycles. The molecule has 1 aliphatic rings. The molecule has 0 saturated heterocycles. The molecule has 0 spiro atoms. The Labute approximate surface area is 80.4 Å². The highest BCUT2D eigenvalue weighted by atomic mass is 127. The van der Waals surface area contributed by atoms with Crippen molar-refractivity contribution in [1.82, 2.24) is 4.98 Å². The van der Waals surface area contributed by atoms with Gasteiger partial charge in [-0.05, 0) is 47.6 Å². The third-order valence-corrected chi connectivity index (χ3v) is 2.91.